The van der Waals surface area contributed by atoms with Gasteiger partial charge in [0.15, 0.2) is 5.52 Å². The molecule has 0 saturated heterocycles. The van der Waals surface area contributed by atoms with Crippen LogP contribution in [0.5, 0.6) is 0 Å². The summed E-state index contributed by atoms with van der Waals surface area (Å²) in [5, 5.41) is 22.7. The highest BCUT2D eigenvalue weighted by atomic mass is 16.6. The van der Waals surface area contributed by atoms with Gasteiger partial charge in [-0.15, -0.1) is 0 Å². The number of fused-ring (bicyclic) bond motifs is 1. The maximum absolute atomic E-state index is 11.8. The van der Waals surface area contributed by atoms with Crippen molar-refractivity contribution in [3.8, 4) is 0 Å². The molecule has 10 nitrogen and oxygen atoms in total. The van der Waals surface area contributed by atoms with Gasteiger partial charge in [-0.3, -0.25) is 10.1 Å². The lowest BCUT2D eigenvalue weighted by molar-refractivity contribution is -0.382. The number of hydrogen-bond acceptors (Lipinski definition) is 9. The Morgan fingerprint density at radius 3 is 2.38 bits per heavy atom. The van der Waals surface area contributed by atoms with Crippen molar-refractivity contribution < 1.29 is 19.0 Å². The summed E-state index contributed by atoms with van der Waals surface area (Å²) >= 11 is 0. The third-order valence-electron chi connectivity index (χ3n) is 4.47. The molecule has 0 atom stereocenters. The Labute approximate surface area is 167 Å². The van der Waals surface area contributed by atoms with E-state index in [0.29, 0.717) is 49.7 Å². The fourth-order valence-corrected chi connectivity index (χ4v) is 3.02. The lowest BCUT2D eigenvalue weighted by Crippen LogP contribution is -2.31. The molecule has 0 aliphatic rings. The summed E-state index contributed by atoms with van der Waals surface area (Å²) in [6.07, 6.45) is 0. The zero-order valence-electron chi connectivity index (χ0n) is 16.3. The van der Waals surface area contributed by atoms with E-state index in [1.807, 2.05) is 35.2 Å². The Balaban J connectivity index is 2.03. The number of nitro groups is 1. The third kappa shape index (κ3) is 4.79. The molecule has 2 aromatic carbocycles. The molecule has 1 N–H and O–H groups in total. The molecule has 0 bridgehead atoms. The van der Waals surface area contributed by atoms with Gasteiger partial charge in [-0.2, -0.15) is 0 Å². The Bertz CT molecular complexity index is 939. The van der Waals surface area contributed by atoms with Gasteiger partial charge >= 0.3 is 5.69 Å². The Morgan fingerprint density at radius 1 is 1.10 bits per heavy atom. The van der Waals surface area contributed by atoms with E-state index in [1.54, 1.807) is 20.3 Å². The molecule has 3 rings (SSSR count). The molecule has 0 aliphatic heterocycles. The fourth-order valence-electron chi connectivity index (χ4n) is 3.02. The van der Waals surface area contributed by atoms with Crippen molar-refractivity contribution in [3.05, 3.63) is 52.1 Å². The number of ether oxygens (including phenoxy) is 2. The summed E-state index contributed by atoms with van der Waals surface area (Å²) in [6.45, 7) is 2.48. The molecule has 10 heteroatoms. The van der Waals surface area contributed by atoms with E-state index >= 15 is 0 Å². The molecular formula is C19H23N5O5. The van der Waals surface area contributed by atoms with Crippen LogP contribution in [-0.4, -0.2) is 55.8 Å². The van der Waals surface area contributed by atoms with Crippen LogP contribution in [0.15, 0.2) is 41.0 Å². The molecule has 0 amide bonds. The van der Waals surface area contributed by atoms with Gasteiger partial charge in [0.1, 0.15) is 5.69 Å². The minimum atomic E-state index is -0.474. The van der Waals surface area contributed by atoms with E-state index in [-0.39, 0.29) is 11.2 Å². The zero-order chi connectivity index (χ0) is 20.6. The second-order valence-corrected chi connectivity index (χ2v) is 6.32. The van der Waals surface area contributed by atoms with Gasteiger partial charge in [0, 0.05) is 33.9 Å². The number of rotatable bonds is 11. The van der Waals surface area contributed by atoms with Crippen LogP contribution in [0.3, 0.4) is 0 Å². The summed E-state index contributed by atoms with van der Waals surface area (Å²) in [7, 11) is 3.23. The molecule has 0 unspecified atom stereocenters. The highest BCUT2D eigenvalue weighted by Crippen LogP contribution is 2.38. The second-order valence-electron chi connectivity index (χ2n) is 6.32. The molecule has 0 fully saturated rings. The summed E-state index contributed by atoms with van der Waals surface area (Å²) in [6, 6.07) is 11.3. The van der Waals surface area contributed by atoms with E-state index in [0.717, 1.165) is 5.56 Å². The molecule has 154 valence electrons. The van der Waals surface area contributed by atoms with Gasteiger partial charge in [0.05, 0.1) is 23.8 Å². The number of anilines is 2. The number of hydrogen-bond donors (Lipinski definition) is 1. The predicted octanol–water partition coefficient (Wildman–Crippen LogP) is 2.84. The first-order valence-corrected chi connectivity index (χ1v) is 9.10. The Kier molecular flexibility index (Phi) is 6.93. The van der Waals surface area contributed by atoms with Crippen LogP contribution in [0.2, 0.25) is 0 Å². The third-order valence-corrected chi connectivity index (χ3v) is 4.47. The molecule has 3 aromatic rings. The van der Waals surface area contributed by atoms with Crippen molar-refractivity contribution in [1.29, 1.82) is 0 Å². The first kappa shape index (κ1) is 20.5. The van der Waals surface area contributed by atoms with Gasteiger partial charge in [-0.1, -0.05) is 30.3 Å². The van der Waals surface area contributed by atoms with Crippen molar-refractivity contribution >= 4 is 28.1 Å². The molecule has 0 radical (unpaired) electrons. The molecular weight excluding hydrogens is 378 g/mol. The largest absolute Gasteiger partial charge is 0.383 e. The number of methoxy groups -OCH3 is 2. The predicted molar refractivity (Wildman–Crippen MR) is 108 cm³/mol. The van der Waals surface area contributed by atoms with Crippen LogP contribution >= 0.6 is 0 Å². The van der Waals surface area contributed by atoms with Crippen molar-refractivity contribution in [1.82, 2.24) is 10.3 Å². The number of aromatic nitrogens is 2. The smallest absolute Gasteiger partial charge is 0.323 e. The second kappa shape index (κ2) is 9.80. The lowest BCUT2D eigenvalue weighted by atomic mass is 10.1. The van der Waals surface area contributed by atoms with Crippen molar-refractivity contribution in [2.45, 2.75) is 6.54 Å². The maximum atomic E-state index is 11.8. The monoisotopic (exact) mass is 401 g/mol. The molecule has 0 spiro atoms. The van der Waals surface area contributed by atoms with Crippen LogP contribution in [0.4, 0.5) is 17.1 Å². The number of nitro benzene ring substituents is 1. The zero-order valence-corrected chi connectivity index (χ0v) is 16.3. The number of benzene rings is 2. The fraction of sp³-hybridized carbons (Fsp3) is 0.368. The summed E-state index contributed by atoms with van der Waals surface area (Å²) in [5.74, 6) is 0. The Morgan fingerprint density at radius 2 is 1.76 bits per heavy atom. The van der Waals surface area contributed by atoms with Gasteiger partial charge in [-0.25, -0.2) is 4.63 Å². The first-order chi connectivity index (χ1) is 14.2. The van der Waals surface area contributed by atoms with Gasteiger partial charge in [-0.05, 0) is 21.9 Å². The Hall–Kier alpha value is -3.24. The molecule has 1 heterocycles. The van der Waals surface area contributed by atoms with Crippen molar-refractivity contribution in [2.24, 2.45) is 0 Å². The van der Waals surface area contributed by atoms with Crippen molar-refractivity contribution in [3.63, 3.8) is 0 Å². The average Bonchev–Trinajstić information content (AvgIpc) is 3.21. The minimum Gasteiger partial charge on any atom is -0.383 e. The number of nitrogens with one attached hydrogen (secondary N) is 1. The van der Waals surface area contributed by atoms with Crippen LogP contribution in [0.25, 0.3) is 11.0 Å². The quantitative estimate of drug-likeness (QED) is 0.382. The summed E-state index contributed by atoms with van der Waals surface area (Å²) in [5.41, 5.74) is 2.27. The minimum absolute atomic E-state index is 0.0999. The van der Waals surface area contributed by atoms with E-state index in [2.05, 4.69) is 15.6 Å². The van der Waals surface area contributed by atoms with Crippen LogP contribution in [0, 0.1) is 10.1 Å². The lowest BCUT2D eigenvalue weighted by Gasteiger charge is -2.24. The van der Waals surface area contributed by atoms with Crippen molar-refractivity contribution in [2.75, 3.05) is 50.7 Å². The average molecular weight is 401 g/mol. The standard InChI is InChI=1S/C19H23N5O5/c1-27-10-8-23(9-11-28-2)16-12-15(20-13-14-6-4-3-5-7-14)19(24(25)26)18-17(16)21-29-22-18/h3-7,12,20H,8-11,13H2,1-2H3. The van der Waals surface area contributed by atoms with E-state index in [4.69, 9.17) is 14.1 Å². The highest BCUT2D eigenvalue weighted by Gasteiger charge is 2.27. The normalized spacial score (nSPS) is 11.0. The van der Waals surface area contributed by atoms with Crippen LogP contribution < -0.4 is 10.2 Å². The van der Waals surface area contributed by atoms with E-state index in [9.17, 15) is 10.1 Å². The summed E-state index contributed by atoms with van der Waals surface area (Å²) < 4.78 is 15.3. The highest BCUT2D eigenvalue weighted by molar-refractivity contribution is 5.99. The van der Waals surface area contributed by atoms with Gasteiger partial charge in [0.2, 0.25) is 5.52 Å². The van der Waals surface area contributed by atoms with E-state index < -0.39 is 4.92 Å². The number of nitrogens with zero attached hydrogens (tertiary/aromatic N) is 4. The van der Waals surface area contributed by atoms with Crippen LogP contribution in [0.1, 0.15) is 5.56 Å². The maximum Gasteiger partial charge on any atom is 0.323 e. The first-order valence-electron chi connectivity index (χ1n) is 9.10. The van der Waals surface area contributed by atoms with E-state index in [1.165, 1.54) is 0 Å². The van der Waals surface area contributed by atoms with Gasteiger partial charge < -0.3 is 19.7 Å². The molecule has 29 heavy (non-hydrogen) atoms. The molecule has 0 saturated carbocycles. The van der Waals surface area contributed by atoms with Crippen LogP contribution in [-0.2, 0) is 16.0 Å². The van der Waals surface area contributed by atoms with Gasteiger partial charge in [0.25, 0.3) is 0 Å². The SMILES string of the molecule is COCCN(CCOC)c1cc(NCc2ccccc2)c([N+](=O)[O-])c2nonc12. The summed E-state index contributed by atoms with van der Waals surface area (Å²) in [4.78, 5) is 13.3. The molecule has 1 aromatic heterocycles. The topological polar surface area (TPSA) is 116 Å². The molecule has 0 aliphatic carbocycles.